The van der Waals surface area contributed by atoms with Crippen LogP contribution >= 0.6 is 0 Å². The number of aliphatic hydroxyl groups is 1. The van der Waals surface area contributed by atoms with E-state index in [0.29, 0.717) is 6.42 Å². The van der Waals surface area contributed by atoms with E-state index in [9.17, 15) is 9.90 Å². The van der Waals surface area contributed by atoms with E-state index >= 15 is 0 Å². The van der Waals surface area contributed by atoms with Gasteiger partial charge in [-0.2, -0.15) is 0 Å². The second kappa shape index (κ2) is 6.24. The summed E-state index contributed by atoms with van der Waals surface area (Å²) in [6, 6.07) is 0. The number of hydrogen-bond acceptors (Lipinski definition) is 3. The number of ether oxygens (including phenoxy) is 1. The zero-order valence-corrected chi connectivity index (χ0v) is 11.3. The van der Waals surface area contributed by atoms with E-state index < -0.39 is 5.60 Å². The third-order valence-corrected chi connectivity index (χ3v) is 2.62. The van der Waals surface area contributed by atoms with Crippen molar-refractivity contribution in [2.75, 3.05) is 7.11 Å². The Balaban J connectivity index is 3.78. The smallest absolute Gasteiger partial charge is 0.305 e. The molecule has 0 aromatic heterocycles. The number of unbranched alkanes of at least 4 members (excludes halogenated alkanes) is 1. The maximum atomic E-state index is 10.9. The largest absolute Gasteiger partial charge is 0.469 e. The third-order valence-electron chi connectivity index (χ3n) is 2.62. The predicted molar refractivity (Wildman–Crippen MR) is 65.2 cm³/mol. The molecular formula is C13H26O3. The molecule has 96 valence electrons. The lowest BCUT2D eigenvalue weighted by Crippen LogP contribution is -2.28. The summed E-state index contributed by atoms with van der Waals surface area (Å²) in [5, 5.41) is 9.76. The Kier molecular flexibility index (Phi) is 6.01. The molecule has 0 aromatic carbocycles. The average molecular weight is 230 g/mol. The van der Waals surface area contributed by atoms with Gasteiger partial charge in [0, 0.05) is 6.42 Å². The summed E-state index contributed by atoms with van der Waals surface area (Å²) in [5.74, 6) is -0.139. The molecule has 0 rings (SSSR count). The number of methoxy groups -OCH3 is 1. The van der Waals surface area contributed by atoms with E-state index in [1.165, 1.54) is 7.11 Å². The van der Waals surface area contributed by atoms with Crippen LogP contribution in [0.3, 0.4) is 0 Å². The first kappa shape index (κ1) is 15.4. The maximum absolute atomic E-state index is 10.9. The van der Waals surface area contributed by atoms with Gasteiger partial charge in [0.05, 0.1) is 12.7 Å². The van der Waals surface area contributed by atoms with Gasteiger partial charge in [-0.25, -0.2) is 0 Å². The first-order chi connectivity index (χ1) is 7.16. The highest BCUT2D eigenvalue weighted by Gasteiger charge is 2.26. The minimum absolute atomic E-state index is 0.119. The predicted octanol–water partition coefficient (Wildman–Crippen LogP) is 2.91. The molecule has 3 heteroatoms. The number of rotatable bonds is 7. The van der Waals surface area contributed by atoms with Gasteiger partial charge < -0.3 is 9.84 Å². The Morgan fingerprint density at radius 3 is 2.19 bits per heavy atom. The van der Waals surface area contributed by atoms with Crippen molar-refractivity contribution in [3.05, 3.63) is 0 Å². The van der Waals surface area contributed by atoms with Crippen LogP contribution in [0.25, 0.3) is 0 Å². The second-order valence-corrected chi connectivity index (χ2v) is 5.94. The topological polar surface area (TPSA) is 46.5 Å². The van der Waals surface area contributed by atoms with E-state index in [2.05, 4.69) is 18.6 Å². The van der Waals surface area contributed by atoms with Crippen LogP contribution in [0.2, 0.25) is 0 Å². The Morgan fingerprint density at radius 2 is 1.75 bits per heavy atom. The zero-order valence-electron chi connectivity index (χ0n) is 11.3. The van der Waals surface area contributed by atoms with Crippen molar-refractivity contribution < 1.29 is 14.6 Å². The first-order valence-electron chi connectivity index (χ1n) is 5.95. The van der Waals surface area contributed by atoms with E-state index in [1.807, 2.05) is 13.8 Å². The average Bonchev–Trinajstić information content (AvgIpc) is 2.08. The molecule has 0 bridgehead atoms. The van der Waals surface area contributed by atoms with Crippen LogP contribution in [0, 0.1) is 5.41 Å². The molecule has 0 unspecified atom stereocenters. The monoisotopic (exact) mass is 230 g/mol. The van der Waals surface area contributed by atoms with Crippen molar-refractivity contribution in [1.82, 2.24) is 0 Å². The standard InChI is InChI=1S/C13H26O3/c1-12(2,10-13(3,4)15)9-7-6-8-11(14)16-5/h15H,6-10H2,1-5H3. The van der Waals surface area contributed by atoms with E-state index in [-0.39, 0.29) is 11.4 Å². The van der Waals surface area contributed by atoms with E-state index in [0.717, 1.165) is 25.7 Å². The fourth-order valence-corrected chi connectivity index (χ4v) is 2.23. The summed E-state index contributed by atoms with van der Waals surface area (Å²) >= 11 is 0. The lowest BCUT2D eigenvalue weighted by atomic mass is 9.78. The highest BCUT2D eigenvalue weighted by atomic mass is 16.5. The minimum atomic E-state index is -0.619. The molecule has 0 atom stereocenters. The van der Waals surface area contributed by atoms with Crippen molar-refractivity contribution >= 4 is 5.97 Å². The number of carbonyl (C=O) groups is 1. The molecule has 0 heterocycles. The zero-order chi connectivity index (χ0) is 12.8. The summed E-state index contributed by atoms with van der Waals surface area (Å²) in [6.07, 6.45) is 4.15. The first-order valence-corrected chi connectivity index (χ1v) is 5.95. The lowest BCUT2D eigenvalue weighted by Gasteiger charge is -2.31. The fourth-order valence-electron chi connectivity index (χ4n) is 2.23. The molecule has 0 radical (unpaired) electrons. The number of hydrogen-bond donors (Lipinski definition) is 1. The van der Waals surface area contributed by atoms with Crippen LogP contribution < -0.4 is 0 Å². The molecule has 0 amide bonds. The van der Waals surface area contributed by atoms with Crippen LogP contribution in [-0.2, 0) is 9.53 Å². The number of carbonyl (C=O) groups excluding carboxylic acids is 1. The van der Waals surface area contributed by atoms with Crippen molar-refractivity contribution in [1.29, 1.82) is 0 Å². The van der Waals surface area contributed by atoms with Crippen molar-refractivity contribution in [3.63, 3.8) is 0 Å². The molecule has 0 aromatic rings. The summed E-state index contributed by atoms with van der Waals surface area (Å²) in [6.45, 7) is 7.98. The lowest BCUT2D eigenvalue weighted by molar-refractivity contribution is -0.140. The molecule has 0 saturated carbocycles. The molecule has 0 saturated heterocycles. The van der Waals surface area contributed by atoms with Gasteiger partial charge in [-0.1, -0.05) is 20.3 Å². The Bertz CT molecular complexity index is 214. The highest BCUT2D eigenvalue weighted by molar-refractivity contribution is 5.68. The van der Waals surface area contributed by atoms with Crippen molar-refractivity contribution in [2.24, 2.45) is 5.41 Å². The SMILES string of the molecule is COC(=O)CCCCC(C)(C)CC(C)(C)O. The highest BCUT2D eigenvalue weighted by Crippen LogP contribution is 2.32. The fraction of sp³-hybridized carbons (Fsp3) is 0.923. The summed E-state index contributed by atoms with van der Waals surface area (Å²) in [4.78, 5) is 10.9. The molecule has 3 nitrogen and oxygen atoms in total. The van der Waals surface area contributed by atoms with E-state index in [1.54, 1.807) is 0 Å². The quantitative estimate of drug-likeness (QED) is 0.540. The molecular weight excluding hydrogens is 204 g/mol. The van der Waals surface area contributed by atoms with Gasteiger partial charge in [0.15, 0.2) is 0 Å². The van der Waals surface area contributed by atoms with Gasteiger partial charge in [0.2, 0.25) is 0 Å². The third kappa shape index (κ3) is 8.72. The van der Waals surface area contributed by atoms with Gasteiger partial charge in [0.25, 0.3) is 0 Å². The Labute approximate surface area is 99.2 Å². The normalized spacial score (nSPS) is 12.6. The Morgan fingerprint density at radius 1 is 1.19 bits per heavy atom. The minimum Gasteiger partial charge on any atom is -0.469 e. The van der Waals surface area contributed by atoms with E-state index in [4.69, 9.17) is 0 Å². The molecule has 16 heavy (non-hydrogen) atoms. The molecule has 0 aliphatic carbocycles. The van der Waals surface area contributed by atoms with Gasteiger partial charge in [-0.05, 0) is 38.5 Å². The van der Waals surface area contributed by atoms with Crippen LogP contribution in [0.4, 0.5) is 0 Å². The van der Waals surface area contributed by atoms with Gasteiger partial charge in [-0.15, -0.1) is 0 Å². The van der Waals surface area contributed by atoms with Crippen molar-refractivity contribution in [2.45, 2.75) is 65.4 Å². The van der Waals surface area contributed by atoms with Crippen LogP contribution in [0.5, 0.6) is 0 Å². The van der Waals surface area contributed by atoms with Gasteiger partial charge in [-0.3, -0.25) is 4.79 Å². The van der Waals surface area contributed by atoms with Crippen LogP contribution in [0.15, 0.2) is 0 Å². The maximum Gasteiger partial charge on any atom is 0.305 e. The molecule has 0 fully saturated rings. The summed E-state index contributed by atoms with van der Waals surface area (Å²) in [7, 11) is 1.42. The van der Waals surface area contributed by atoms with Gasteiger partial charge in [0.1, 0.15) is 0 Å². The molecule has 0 spiro atoms. The molecule has 1 N–H and O–H groups in total. The van der Waals surface area contributed by atoms with Crippen molar-refractivity contribution in [3.8, 4) is 0 Å². The molecule has 0 aliphatic rings. The Hall–Kier alpha value is -0.570. The van der Waals surface area contributed by atoms with Gasteiger partial charge >= 0.3 is 5.97 Å². The van der Waals surface area contributed by atoms with Crippen LogP contribution in [-0.4, -0.2) is 23.8 Å². The molecule has 0 aliphatic heterocycles. The number of esters is 1. The second-order valence-electron chi connectivity index (χ2n) is 5.94. The summed E-state index contributed by atoms with van der Waals surface area (Å²) in [5.41, 5.74) is -0.500. The summed E-state index contributed by atoms with van der Waals surface area (Å²) < 4.78 is 4.58. The van der Waals surface area contributed by atoms with Crippen LogP contribution in [0.1, 0.15) is 59.8 Å².